The van der Waals surface area contributed by atoms with Crippen molar-refractivity contribution in [3.63, 3.8) is 0 Å². The Bertz CT molecular complexity index is 691. The molecule has 0 aliphatic rings. The quantitative estimate of drug-likeness (QED) is 0.888. The summed E-state index contributed by atoms with van der Waals surface area (Å²) in [5.74, 6) is 0. The van der Waals surface area contributed by atoms with E-state index in [0.29, 0.717) is 18.0 Å². The van der Waals surface area contributed by atoms with Gasteiger partial charge in [-0.3, -0.25) is 0 Å². The van der Waals surface area contributed by atoms with E-state index in [1.807, 2.05) is 43.6 Å². The van der Waals surface area contributed by atoms with E-state index in [9.17, 15) is 8.42 Å². The summed E-state index contributed by atoms with van der Waals surface area (Å²) in [5, 5.41) is 4.82. The van der Waals surface area contributed by atoms with Crippen molar-refractivity contribution in [2.45, 2.75) is 24.9 Å². The smallest absolute Gasteiger partial charge is 0.244 e. The Morgan fingerprint density at radius 1 is 1.19 bits per heavy atom. The molecule has 1 aromatic heterocycles. The monoisotopic (exact) mass is 324 g/mol. The highest BCUT2D eigenvalue weighted by Crippen LogP contribution is 2.25. The van der Waals surface area contributed by atoms with E-state index < -0.39 is 10.0 Å². The molecule has 0 saturated carbocycles. The van der Waals surface area contributed by atoms with Crippen molar-refractivity contribution in [3.8, 4) is 0 Å². The molecule has 0 fully saturated rings. The molecular weight excluding hydrogens is 304 g/mol. The molecule has 4 nitrogen and oxygen atoms in total. The zero-order valence-electron chi connectivity index (χ0n) is 12.5. The second kappa shape index (κ2) is 6.70. The number of aryl methyl sites for hydroxylation is 1. The van der Waals surface area contributed by atoms with Crippen molar-refractivity contribution in [3.05, 3.63) is 51.7 Å². The third-order valence-corrected chi connectivity index (χ3v) is 6.19. The molecule has 2 aromatic rings. The number of nitrogens with zero attached hydrogens (tertiary/aromatic N) is 1. The van der Waals surface area contributed by atoms with Crippen LogP contribution in [0.4, 0.5) is 0 Å². The lowest BCUT2D eigenvalue weighted by Crippen LogP contribution is -2.27. The second-order valence-electron chi connectivity index (χ2n) is 4.99. The minimum Gasteiger partial charge on any atom is -0.315 e. The van der Waals surface area contributed by atoms with Crippen LogP contribution in [0.15, 0.2) is 40.6 Å². The standard InChI is InChI=1S/C15H20N2O2S2/c1-12-4-6-13(7-5-12)11-17(3)21(18,19)15-8-9-20-14(15)10-16-2/h4-9,16H,10-11H2,1-3H3. The van der Waals surface area contributed by atoms with E-state index >= 15 is 0 Å². The van der Waals surface area contributed by atoms with E-state index in [1.165, 1.54) is 21.2 Å². The summed E-state index contributed by atoms with van der Waals surface area (Å²) in [6.45, 7) is 2.95. The van der Waals surface area contributed by atoms with E-state index in [1.54, 1.807) is 13.1 Å². The van der Waals surface area contributed by atoms with Crippen LogP contribution in [-0.4, -0.2) is 26.8 Å². The molecule has 1 heterocycles. The largest absolute Gasteiger partial charge is 0.315 e. The molecule has 114 valence electrons. The number of nitrogens with one attached hydrogen (secondary N) is 1. The van der Waals surface area contributed by atoms with Crippen LogP contribution < -0.4 is 5.32 Å². The van der Waals surface area contributed by atoms with Crippen molar-refractivity contribution in [1.82, 2.24) is 9.62 Å². The Hall–Kier alpha value is -1.21. The van der Waals surface area contributed by atoms with Crippen LogP contribution in [0.1, 0.15) is 16.0 Å². The van der Waals surface area contributed by atoms with Crippen molar-refractivity contribution < 1.29 is 8.42 Å². The number of hydrogen-bond donors (Lipinski definition) is 1. The third-order valence-electron chi connectivity index (χ3n) is 3.26. The maximum atomic E-state index is 12.7. The predicted molar refractivity (Wildman–Crippen MR) is 86.9 cm³/mol. The van der Waals surface area contributed by atoms with Crippen LogP contribution in [0.2, 0.25) is 0 Å². The number of benzene rings is 1. The number of thiophene rings is 1. The highest BCUT2D eigenvalue weighted by Gasteiger charge is 2.24. The van der Waals surface area contributed by atoms with Gasteiger partial charge >= 0.3 is 0 Å². The lowest BCUT2D eigenvalue weighted by Gasteiger charge is -2.17. The van der Waals surface area contributed by atoms with Gasteiger partial charge in [0.1, 0.15) is 0 Å². The van der Waals surface area contributed by atoms with E-state index in [2.05, 4.69) is 5.32 Å². The Morgan fingerprint density at radius 2 is 1.86 bits per heavy atom. The van der Waals surface area contributed by atoms with Crippen LogP contribution in [0, 0.1) is 6.92 Å². The molecule has 0 saturated heterocycles. The zero-order valence-corrected chi connectivity index (χ0v) is 14.1. The molecule has 0 atom stereocenters. The van der Waals surface area contributed by atoms with Crippen LogP contribution in [0.3, 0.4) is 0 Å². The molecular formula is C15H20N2O2S2. The Labute approximate surface area is 130 Å². The zero-order chi connectivity index (χ0) is 15.5. The maximum absolute atomic E-state index is 12.7. The van der Waals surface area contributed by atoms with Crippen molar-refractivity contribution in [2.75, 3.05) is 14.1 Å². The Morgan fingerprint density at radius 3 is 2.48 bits per heavy atom. The average Bonchev–Trinajstić information content (AvgIpc) is 2.90. The predicted octanol–water partition coefficient (Wildman–Crippen LogP) is 2.60. The van der Waals surface area contributed by atoms with Crippen molar-refractivity contribution in [1.29, 1.82) is 0 Å². The van der Waals surface area contributed by atoms with Crippen LogP contribution >= 0.6 is 11.3 Å². The molecule has 0 aliphatic carbocycles. The number of rotatable bonds is 6. The highest BCUT2D eigenvalue weighted by molar-refractivity contribution is 7.89. The van der Waals surface area contributed by atoms with Gasteiger partial charge in [0.2, 0.25) is 10.0 Å². The summed E-state index contributed by atoms with van der Waals surface area (Å²) >= 11 is 1.46. The topological polar surface area (TPSA) is 49.4 Å². The SMILES string of the molecule is CNCc1sccc1S(=O)(=O)N(C)Cc1ccc(C)cc1. The first-order valence-electron chi connectivity index (χ1n) is 6.68. The minimum absolute atomic E-state index is 0.372. The molecule has 1 N–H and O–H groups in total. The van der Waals surface area contributed by atoms with Gasteiger partial charge in [0.15, 0.2) is 0 Å². The van der Waals surface area contributed by atoms with Gasteiger partial charge in [0.05, 0.1) is 4.90 Å². The summed E-state index contributed by atoms with van der Waals surface area (Å²) in [6.07, 6.45) is 0. The minimum atomic E-state index is -3.45. The average molecular weight is 324 g/mol. The highest BCUT2D eigenvalue weighted by atomic mass is 32.2. The first-order valence-corrected chi connectivity index (χ1v) is 9.00. The molecule has 1 aromatic carbocycles. The molecule has 2 rings (SSSR count). The fourth-order valence-corrected chi connectivity index (χ4v) is 4.63. The summed E-state index contributed by atoms with van der Waals surface area (Å²) in [5.41, 5.74) is 2.15. The van der Waals surface area contributed by atoms with Gasteiger partial charge in [-0.1, -0.05) is 29.8 Å². The van der Waals surface area contributed by atoms with Crippen molar-refractivity contribution in [2.24, 2.45) is 0 Å². The molecule has 21 heavy (non-hydrogen) atoms. The van der Waals surface area contributed by atoms with Gasteiger partial charge in [-0.05, 0) is 31.0 Å². The fraction of sp³-hybridized carbons (Fsp3) is 0.333. The molecule has 0 amide bonds. The number of hydrogen-bond acceptors (Lipinski definition) is 4. The fourth-order valence-electron chi connectivity index (χ4n) is 2.05. The molecule has 0 aliphatic heterocycles. The lowest BCUT2D eigenvalue weighted by molar-refractivity contribution is 0.466. The van der Waals surface area contributed by atoms with E-state index in [-0.39, 0.29) is 0 Å². The molecule has 0 unspecified atom stereocenters. The summed E-state index contributed by atoms with van der Waals surface area (Å²) < 4.78 is 26.7. The first kappa shape index (κ1) is 16.2. The van der Waals surface area contributed by atoms with Crippen LogP contribution in [0.25, 0.3) is 0 Å². The Balaban J connectivity index is 2.22. The van der Waals surface area contributed by atoms with Gasteiger partial charge in [-0.15, -0.1) is 11.3 Å². The molecule has 0 spiro atoms. The van der Waals surface area contributed by atoms with Gasteiger partial charge in [0, 0.05) is 25.0 Å². The molecule has 6 heteroatoms. The number of sulfonamides is 1. The van der Waals surface area contributed by atoms with Crippen LogP contribution in [-0.2, 0) is 23.1 Å². The maximum Gasteiger partial charge on any atom is 0.244 e. The third kappa shape index (κ3) is 3.71. The summed E-state index contributed by atoms with van der Waals surface area (Å²) in [7, 11) is -0.0204. The van der Waals surface area contributed by atoms with E-state index in [0.717, 1.165) is 10.4 Å². The summed E-state index contributed by atoms with van der Waals surface area (Å²) in [4.78, 5) is 1.24. The van der Waals surface area contributed by atoms with Crippen LogP contribution in [0.5, 0.6) is 0 Å². The second-order valence-corrected chi connectivity index (χ2v) is 8.00. The van der Waals surface area contributed by atoms with Gasteiger partial charge in [-0.25, -0.2) is 8.42 Å². The lowest BCUT2D eigenvalue weighted by atomic mass is 10.1. The first-order chi connectivity index (χ1) is 9.95. The summed E-state index contributed by atoms with van der Waals surface area (Å²) in [6, 6.07) is 9.59. The molecule has 0 radical (unpaired) electrons. The van der Waals surface area contributed by atoms with E-state index in [4.69, 9.17) is 0 Å². The van der Waals surface area contributed by atoms with Gasteiger partial charge < -0.3 is 5.32 Å². The molecule has 0 bridgehead atoms. The Kier molecular flexibility index (Phi) is 5.16. The van der Waals surface area contributed by atoms with Gasteiger partial charge in [-0.2, -0.15) is 4.31 Å². The normalized spacial score (nSPS) is 12.0. The van der Waals surface area contributed by atoms with Crippen molar-refractivity contribution >= 4 is 21.4 Å². The van der Waals surface area contributed by atoms with Gasteiger partial charge in [0.25, 0.3) is 0 Å².